The van der Waals surface area contributed by atoms with Gasteiger partial charge in [0.2, 0.25) is 0 Å². The van der Waals surface area contributed by atoms with Crippen molar-refractivity contribution in [3.05, 3.63) is 29.8 Å². The van der Waals surface area contributed by atoms with E-state index in [9.17, 15) is 10.5 Å². The summed E-state index contributed by atoms with van der Waals surface area (Å²) in [5.74, 6) is 0. The molecular formula is C15H15N3. The second-order valence-electron chi connectivity index (χ2n) is 5.46. The quantitative estimate of drug-likeness (QED) is 0.697. The molecule has 0 bridgehead atoms. The van der Waals surface area contributed by atoms with E-state index in [2.05, 4.69) is 30.0 Å². The minimum atomic E-state index is -0.919. The molecule has 2 heterocycles. The molecule has 1 fully saturated rings. The monoisotopic (exact) mass is 237 g/mol. The Morgan fingerprint density at radius 2 is 1.94 bits per heavy atom. The van der Waals surface area contributed by atoms with Crippen molar-refractivity contribution in [2.75, 3.05) is 11.4 Å². The largest absolute Gasteiger partial charge is 0.363 e. The van der Waals surface area contributed by atoms with E-state index in [0.29, 0.717) is 6.42 Å². The van der Waals surface area contributed by atoms with Gasteiger partial charge in [0, 0.05) is 18.7 Å². The van der Waals surface area contributed by atoms with Gasteiger partial charge in [-0.1, -0.05) is 18.2 Å². The molecular weight excluding hydrogens is 222 g/mol. The average molecular weight is 237 g/mol. The van der Waals surface area contributed by atoms with Gasteiger partial charge in [-0.3, -0.25) is 0 Å². The van der Waals surface area contributed by atoms with Crippen molar-refractivity contribution in [3.63, 3.8) is 0 Å². The highest BCUT2D eigenvalue weighted by molar-refractivity contribution is 5.63. The first-order valence-corrected chi connectivity index (χ1v) is 6.35. The molecule has 0 unspecified atom stereocenters. The molecule has 2 aliphatic heterocycles. The van der Waals surface area contributed by atoms with Gasteiger partial charge in [-0.15, -0.1) is 0 Å². The SMILES string of the molecule is C[C@]12CCCN1c1ccccc1CC2(C#N)C#N. The van der Waals surface area contributed by atoms with Gasteiger partial charge < -0.3 is 4.90 Å². The molecule has 0 aromatic heterocycles. The Balaban J connectivity index is 2.25. The van der Waals surface area contributed by atoms with Gasteiger partial charge in [0.05, 0.1) is 17.7 Å². The number of nitrogens with zero attached hydrogens (tertiary/aromatic N) is 3. The van der Waals surface area contributed by atoms with Crippen LogP contribution in [0.5, 0.6) is 0 Å². The molecule has 0 N–H and O–H groups in total. The lowest BCUT2D eigenvalue weighted by Crippen LogP contribution is -2.58. The Labute approximate surface area is 107 Å². The summed E-state index contributed by atoms with van der Waals surface area (Å²) in [5, 5.41) is 19.2. The van der Waals surface area contributed by atoms with Crippen LogP contribution in [0.25, 0.3) is 0 Å². The highest BCUT2D eigenvalue weighted by Crippen LogP contribution is 2.52. The fourth-order valence-corrected chi connectivity index (χ4v) is 3.54. The first-order valence-electron chi connectivity index (χ1n) is 6.35. The minimum Gasteiger partial charge on any atom is -0.363 e. The standard InChI is InChI=1S/C15H15N3/c1-14-7-4-8-18(14)13-6-3-2-5-12(13)9-15(14,10-16)11-17/h2-3,5-6H,4,7-9H2,1H3/t14-/m1/s1. The number of hydrogen-bond acceptors (Lipinski definition) is 3. The van der Waals surface area contributed by atoms with Gasteiger partial charge >= 0.3 is 0 Å². The summed E-state index contributed by atoms with van der Waals surface area (Å²) in [6, 6.07) is 12.8. The molecule has 1 aromatic carbocycles. The second-order valence-corrected chi connectivity index (χ2v) is 5.46. The zero-order valence-electron chi connectivity index (χ0n) is 10.5. The van der Waals surface area contributed by atoms with Gasteiger partial charge in [-0.25, -0.2) is 0 Å². The third-order valence-electron chi connectivity index (χ3n) is 4.68. The Morgan fingerprint density at radius 3 is 2.67 bits per heavy atom. The second kappa shape index (κ2) is 3.50. The van der Waals surface area contributed by atoms with Crippen LogP contribution in [-0.2, 0) is 6.42 Å². The summed E-state index contributed by atoms with van der Waals surface area (Å²) < 4.78 is 0. The number of fused-ring (bicyclic) bond motifs is 3. The molecule has 90 valence electrons. The van der Waals surface area contributed by atoms with Crippen LogP contribution in [0.4, 0.5) is 5.69 Å². The highest BCUT2D eigenvalue weighted by Gasteiger charge is 2.58. The lowest BCUT2D eigenvalue weighted by Gasteiger charge is -2.49. The summed E-state index contributed by atoms with van der Waals surface area (Å²) in [4.78, 5) is 2.28. The molecule has 3 nitrogen and oxygen atoms in total. The maximum absolute atomic E-state index is 9.58. The molecule has 18 heavy (non-hydrogen) atoms. The zero-order valence-corrected chi connectivity index (χ0v) is 10.5. The molecule has 0 spiro atoms. The summed E-state index contributed by atoms with van der Waals surface area (Å²) >= 11 is 0. The minimum absolute atomic E-state index is 0.342. The number of anilines is 1. The number of para-hydroxylation sites is 1. The number of hydrogen-bond donors (Lipinski definition) is 0. The zero-order chi connectivity index (χ0) is 12.8. The first kappa shape index (κ1) is 11.1. The smallest absolute Gasteiger partial charge is 0.170 e. The van der Waals surface area contributed by atoms with Crippen molar-refractivity contribution in [3.8, 4) is 12.1 Å². The third kappa shape index (κ3) is 1.12. The van der Waals surface area contributed by atoms with Crippen LogP contribution in [0.2, 0.25) is 0 Å². The van der Waals surface area contributed by atoms with Crippen molar-refractivity contribution in [1.29, 1.82) is 10.5 Å². The van der Waals surface area contributed by atoms with E-state index >= 15 is 0 Å². The van der Waals surface area contributed by atoms with E-state index in [-0.39, 0.29) is 5.54 Å². The number of benzene rings is 1. The van der Waals surface area contributed by atoms with Crippen molar-refractivity contribution in [1.82, 2.24) is 0 Å². The normalized spacial score (nSPS) is 27.8. The van der Waals surface area contributed by atoms with Gasteiger partial charge in [0.1, 0.15) is 0 Å². The molecule has 3 rings (SSSR count). The highest BCUT2D eigenvalue weighted by atomic mass is 15.2. The first-order chi connectivity index (χ1) is 8.67. The summed E-state index contributed by atoms with van der Waals surface area (Å²) in [5.41, 5.74) is 1.07. The molecule has 1 atom stereocenters. The van der Waals surface area contributed by atoms with Crippen LogP contribution in [0.15, 0.2) is 24.3 Å². The van der Waals surface area contributed by atoms with Crippen LogP contribution in [0, 0.1) is 28.1 Å². The van der Waals surface area contributed by atoms with Crippen LogP contribution in [0.1, 0.15) is 25.3 Å². The lowest BCUT2D eigenvalue weighted by molar-refractivity contribution is 0.263. The Morgan fingerprint density at radius 1 is 1.22 bits per heavy atom. The maximum atomic E-state index is 9.58. The van der Waals surface area contributed by atoms with E-state index in [1.807, 2.05) is 18.2 Å². The molecule has 2 aliphatic rings. The molecule has 1 saturated heterocycles. The number of nitriles is 2. The van der Waals surface area contributed by atoms with Gasteiger partial charge in [0.25, 0.3) is 0 Å². The topological polar surface area (TPSA) is 50.8 Å². The van der Waals surface area contributed by atoms with Crippen molar-refractivity contribution >= 4 is 5.69 Å². The molecule has 0 saturated carbocycles. The summed E-state index contributed by atoms with van der Waals surface area (Å²) in [7, 11) is 0. The number of rotatable bonds is 0. The Kier molecular flexibility index (Phi) is 2.16. The van der Waals surface area contributed by atoms with E-state index in [0.717, 1.165) is 24.9 Å². The Hall–Kier alpha value is -2.00. The molecule has 3 heteroatoms. The molecule has 1 aromatic rings. The van der Waals surface area contributed by atoms with Crippen molar-refractivity contribution in [2.45, 2.75) is 31.7 Å². The molecule has 0 amide bonds. The van der Waals surface area contributed by atoms with E-state index < -0.39 is 5.41 Å². The fraction of sp³-hybridized carbons (Fsp3) is 0.467. The molecule has 0 radical (unpaired) electrons. The van der Waals surface area contributed by atoms with Gasteiger partial charge in [0.15, 0.2) is 5.41 Å². The fourth-order valence-electron chi connectivity index (χ4n) is 3.54. The molecule has 0 aliphatic carbocycles. The van der Waals surface area contributed by atoms with Crippen LogP contribution >= 0.6 is 0 Å². The van der Waals surface area contributed by atoms with Crippen LogP contribution in [0.3, 0.4) is 0 Å². The maximum Gasteiger partial charge on any atom is 0.170 e. The summed E-state index contributed by atoms with van der Waals surface area (Å²) in [6.45, 7) is 3.01. The van der Waals surface area contributed by atoms with Crippen molar-refractivity contribution < 1.29 is 0 Å². The average Bonchev–Trinajstić information content (AvgIpc) is 2.81. The predicted octanol–water partition coefficient (Wildman–Crippen LogP) is 2.64. The third-order valence-corrected chi connectivity index (χ3v) is 4.68. The van der Waals surface area contributed by atoms with Crippen LogP contribution < -0.4 is 4.90 Å². The lowest BCUT2D eigenvalue weighted by atomic mass is 9.65. The van der Waals surface area contributed by atoms with E-state index in [1.165, 1.54) is 5.69 Å². The van der Waals surface area contributed by atoms with Crippen LogP contribution in [-0.4, -0.2) is 12.1 Å². The van der Waals surface area contributed by atoms with Gasteiger partial charge in [-0.2, -0.15) is 10.5 Å². The van der Waals surface area contributed by atoms with Crippen molar-refractivity contribution in [2.24, 2.45) is 5.41 Å². The Bertz CT molecular complexity index is 564. The summed E-state index contributed by atoms with van der Waals surface area (Å²) in [6.07, 6.45) is 2.52. The van der Waals surface area contributed by atoms with E-state index in [4.69, 9.17) is 0 Å². The van der Waals surface area contributed by atoms with Gasteiger partial charge in [-0.05, 0) is 31.4 Å². The predicted molar refractivity (Wildman–Crippen MR) is 68.8 cm³/mol. The van der Waals surface area contributed by atoms with E-state index in [1.54, 1.807) is 0 Å².